The smallest absolute Gasteiger partial charge is 0.145 e. The fraction of sp³-hybridized carbons (Fsp3) is 0. The number of aromatic nitrogens is 9. The highest BCUT2D eigenvalue weighted by Crippen LogP contribution is 2.44. The second-order valence-corrected chi connectivity index (χ2v) is 32.3. The molecule has 17 aromatic carbocycles. The topological polar surface area (TPSA) is 68.2 Å². The fourth-order valence-electron chi connectivity index (χ4n) is 19.3. The zero-order valence-electron chi connectivity index (χ0n) is 68.5. The fourth-order valence-corrected chi connectivity index (χ4v) is 19.3. The predicted molar refractivity (Wildman–Crippen MR) is 526 cm³/mol. The summed E-state index contributed by atoms with van der Waals surface area (Å²) in [5.74, 6) is 0. The zero-order valence-corrected chi connectivity index (χ0v) is 68.5. The van der Waals surface area contributed by atoms with E-state index in [0.717, 1.165) is 72.4 Å². The van der Waals surface area contributed by atoms with E-state index in [9.17, 15) is 0 Å². The molecule has 26 rings (SSSR count). The van der Waals surface area contributed by atoms with Crippen LogP contribution in [0.1, 0.15) is 0 Å². The van der Waals surface area contributed by atoms with E-state index in [2.05, 4.69) is 452 Å². The Kier molecular flexibility index (Phi) is 17.7. The summed E-state index contributed by atoms with van der Waals surface area (Å²) < 4.78 is 13.9. The van der Waals surface area contributed by atoms with Crippen LogP contribution in [0.25, 0.3) is 221 Å². The van der Waals surface area contributed by atoms with Crippen LogP contribution in [0.2, 0.25) is 0 Å². The molecule has 0 aliphatic heterocycles. The van der Waals surface area contributed by atoms with Crippen molar-refractivity contribution in [2.45, 2.75) is 0 Å². The number of rotatable bonds is 11. The Hall–Kier alpha value is -17.0. The molecule has 26 aromatic rings. The summed E-state index contributed by atoms with van der Waals surface area (Å²) in [5.41, 5.74) is 32.4. The Balaban J connectivity index is 0.000000106. The maximum atomic E-state index is 4.87. The first kappa shape index (κ1) is 73.0. The van der Waals surface area contributed by atoms with Crippen molar-refractivity contribution in [2.24, 2.45) is 0 Å². The van der Waals surface area contributed by atoms with Gasteiger partial charge in [-0.2, -0.15) is 0 Å². The van der Waals surface area contributed by atoms with Crippen LogP contribution in [-0.4, -0.2) is 42.4 Å². The lowest BCUT2D eigenvalue weighted by molar-refractivity contribution is 1.14. The number of hydrogen-bond donors (Lipinski definition) is 0. The van der Waals surface area contributed by atoms with Crippen molar-refractivity contribution in [3.63, 3.8) is 0 Å². The van der Waals surface area contributed by atoms with Gasteiger partial charge in [-0.15, -0.1) is 0 Å². The van der Waals surface area contributed by atoms with Crippen molar-refractivity contribution in [3.05, 3.63) is 468 Å². The molecular formula is C117H77N9. The standard InChI is InChI=1S/2C41H27N3.C35H23N3/c1-3-11-28(12-4-1)29-13-9-16-33(25-29)44-39-23-21-30(26-37(39)36-18-10-24-42-41(36)44)31-20-22-35-34-17-7-8-19-38(34)43(40(35)27-31)32-14-5-2-6-15-32;1-3-10-28(11-4-1)29-17-21-33(22-18-29)44-39-24-20-30(26-37(39)36-15-9-25-42-41(36)44)31-19-23-35-34-14-7-8-16-38(34)43(40(35)27-31)32-12-5-2-6-13-32;1-3-10-26(11-4-1)37-32-16-8-7-14-28(32)29-19-17-25(23-34(29)37)24-18-20-33-31(22-24)30-15-9-21-36-35(30)38(33)27-12-5-2-6-13-27/h2*1-27H;1-23H. The summed E-state index contributed by atoms with van der Waals surface area (Å²) in [6.07, 6.45) is 5.64. The second-order valence-electron chi connectivity index (χ2n) is 32.3. The van der Waals surface area contributed by atoms with Gasteiger partial charge in [-0.05, 0) is 238 Å². The molecule has 9 heterocycles. The van der Waals surface area contributed by atoms with Gasteiger partial charge in [-0.3, -0.25) is 13.7 Å². The minimum Gasteiger partial charge on any atom is -0.309 e. The minimum atomic E-state index is 0.963. The van der Waals surface area contributed by atoms with Crippen molar-refractivity contribution >= 4 is 131 Å². The van der Waals surface area contributed by atoms with Crippen LogP contribution in [0, 0.1) is 0 Å². The molecular weight excluding hydrogens is 1530 g/mol. The highest BCUT2D eigenvalue weighted by atomic mass is 15.1. The molecule has 0 fully saturated rings. The maximum Gasteiger partial charge on any atom is 0.145 e. The molecule has 0 saturated carbocycles. The summed E-state index contributed by atoms with van der Waals surface area (Å²) in [4.78, 5) is 14.5. The molecule has 0 spiro atoms. The van der Waals surface area contributed by atoms with Crippen molar-refractivity contribution < 1.29 is 0 Å². The number of fused-ring (bicyclic) bond motifs is 18. The molecule has 0 saturated heterocycles. The Bertz CT molecular complexity index is 8680. The van der Waals surface area contributed by atoms with Crippen molar-refractivity contribution in [3.8, 4) is 89.8 Å². The second kappa shape index (κ2) is 30.6. The van der Waals surface area contributed by atoms with Crippen LogP contribution in [0.5, 0.6) is 0 Å². The molecule has 0 aliphatic carbocycles. The van der Waals surface area contributed by atoms with Crippen LogP contribution >= 0.6 is 0 Å². The van der Waals surface area contributed by atoms with Gasteiger partial charge in [-0.25, -0.2) is 15.0 Å². The number of pyridine rings is 3. The van der Waals surface area contributed by atoms with Gasteiger partial charge in [0.25, 0.3) is 0 Å². The number of nitrogens with zero attached hydrogens (tertiary/aromatic N) is 9. The summed E-state index contributed by atoms with van der Waals surface area (Å²) in [7, 11) is 0. The Morgan fingerprint density at radius 1 is 0.119 bits per heavy atom. The molecule has 0 aliphatic rings. The monoisotopic (exact) mass is 1610 g/mol. The van der Waals surface area contributed by atoms with Crippen LogP contribution in [0.4, 0.5) is 0 Å². The summed E-state index contributed by atoms with van der Waals surface area (Å²) in [5, 5.41) is 14.6. The average molecular weight is 1610 g/mol. The van der Waals surface area contributed by atoms with Crippen molar-refractivity contribution in [1.82, 2.24) is 42.4 Å². The van der Waals surface area contributed by atoms with Gasteiger partial charge < -0.3 is 13.7 Å². The van der Waals surface area contributed by atoms with E-state index in [-0.39, 0.29) is 0 Å². The normalized spacial score (nSPS) is 11.7. The van der Waals surface area contributed by atoms with E-state index in [0.29, 0.717) is 0 Å². The lowest BCUT2D eigenvalue weighted by Crippen LogP contribution is -1.95. The van der Waals surface area contributed by atoms with Crippen LogP contribution in [0.3, 0.4) is 0 Å². The third-order valence-electron chi connectivity index (χ3n) is 25.1. The van der Waals surface area contributed by atoms with E-state index in [1.54, 1.807) is 0 Å². The van der Waals surface area contributed by atoms with Crippen LogP contribution < -0.4 is 0 Å². The van der Waals surface area contributed by atoms with E-state index in [1.165, 1.54) is 149 Å². The van der Waals surface area contributed by atoms with Gasteiger partial charge >= 0.3 is 0 Å². The van der Waals surface area contributed by atoms with Gasteiger partial charge in [0, 0.05) is 117 Å². The van der Waals surface area contributed by atoms with Gasteiger partial charge in [0.15, 0.2) is 0 Å². The highest BCUT2D eigenvalue weighted by Gasteiger charge is 2.23. The third kappa shape index (κ3) is 12.4. The average Bonchev–Trinajstić information content (AvgIpc) is 1.60. The Morgan fingerprint density at radius 3 is 0.714 bits per heavy atom. The largest absolute Gasteiger partial charge is 0.309 e. The first-order valence-electron chi connectivity index (χ1n) is 42.9. The summed E-state index contributed by atoms with van der Waals surface area (Å²) >= 11 is 0. The minimum absolute atomic E-state index is 0.963. The molecule has 0 unspecified atom stereocenters. The molecule has 0 bridgehead atoms. The van der Waals surface area contributed by atoms with E-state index < -0.39 is 0 Å². The Morgan fingerprint density at radius 2 is 0.349 bits per heavy atom. The van der Waals surface area contributed by atoms with E-state index in [4.69, 9.17) is 15.0 Å². The molecule has 0 atom stereocenters. The lowest BCUT2D eigenvalue weighted by Gasteiger charge is -2.11. The molecule has 9 heteroatoms. The molecule has 0 radical (unpaired) electrons. The van der Waals surface area contributed by atoms with E-state index in [1.807, 2.05) is 42.9 Å². The molecule has 0 amide bonds. The first-order valence-corrected chi connectivity index (χ1v) is 42.9. The molecule has 9 nitrogen and oxygen atoms in total. The predicted octanol–water partition coefficient (Wildman–Crippen LogP) is 30.2. The number of hydrogen-bond acceptors (Lipinski definition) is 3. The van der Waals surface area contributed by atoms with Gasteiger partial charge in [0.1, 0.15) is 16.9 Å². The molecule has 590 valence electrons. The van der Waals surface area contributed by atoms with Crippen LogP contribution in [-0.2, 0) is 0 Å². The first-order chi connectivity index (χ1) is 62.5. The van der Waals surface area contributed by atoms with Crippen molar-refractivity contribution in [1.29, 1.82) is 0 Å². The Labute approximate surface area is 726 Å². The highest BCUT2D eigenvalue weighted by molar-refractivity contribution is 6.16. The van der Waals surface area contributed by atoms with Crippen molar-refractivity contribution in [2.75, 3.05) is 0 Å². The molecule has 126 heavy (non-hydrogen) atoms. The summed E-state index contributed by atoms with van der Waals surface area (Å²) in [6, 6.07) is 161. The SMILES string of the molecule is c1ccc(-c2ccc(-n3c4ccc(-c5ccc6c7ccccc7n(-c7ccccc7)c6c5)cc4c4cccnc43)cc2)cc1.c1ccc(-c2cccc(-n3c4ccc(-c5ccc6c7ccccc7n(-c7ccccc7)c6c5)cc4c4cccnc43)c2)cc1.c1ccc(-n2c3ccccc3c3ccc(-c4ccc5c(c4)c4cccnc4n5-c4ccccc4)cc32)cc1. The van der Waals surface area contributed by atoms with Gasteiger partial charge in [-0.1, -0.05) is 267 Å². The zero-order chi connectivity index (χ0) is 83.1. The number of para-hydroxylation sites is 7. The number of benzene rings is 17. The van der Waals surface area contributed by atoms with E-state index >= 15 is 0 Å². The maximum absolute atomic E-state index is 4.87. The quantitative estimate of drug-likeness (QED) is 0.130. The molecule has 0 N–H and O–H groups in total. The lowest BCUT2D eigenvalue weighted by atomic mass is 10.0. The van der Waals surface area contributed by atoms with Gasteiger partial charge in [0.05, 0.1) is 49.7 Å². The third-order valence-corrected chi connectivity index (χ3v) is 25.1. The van der Waals surface area contributed by atoms with Gasteiger partial charge in [0.2, 0.25) is 0 Å². The molecule has 9 aromatic heterocycles. The van der Waals surface area contributed by atoms with Crippen LogP contribution in [0.15, 0.2) is 468 Å². The summed E-state index contributed by atoms with van der Waals surface area (Å²) in [6.45, 7) is 0.